The summed E-state index contributed by atoms with van der Waals surface area (Å²) in [6.45, 7) is 8.66. The van der Waals surface area contributed by atoms with Gasteiger partial charge in [-0.25, -0.2) is 13.1 Å². The molecule has 0 bridgehead atoms. The number of piperazine rings is 1. The molecular formula is C16H27N3O2S. The number of para-hydroxylation sites is 1. The summed E-state index contributed by atoms with van der Waals surface area (Å²) in [5.74, 6) is 0.146. The zero-order valence-electron chi connectivity index (χ0n) is 13.5. The Labute approximate surface area is 134 Å². The molecule has 124 valence electrons. The van der Waals surface area contributed by atoms with Gasteiger partial charge in [-0.05, 0) is 38.9 Å². The molecule has 0 spiro atoms. The van der Waals surface area contributed by atoms with E-state index in [0.29, 0.717) is 0 Å². The fraction of sp³-hybridized carbons (Fsp3) is 0.625. The van der Waals surface area contributed by atoms with Crippen molar-refractivity contribution in [2.24, 2.45) is 0 Å². The van der Waals surface area contributed by atoms with Crippen molar-refractivity contribution in [3.05, 3.63) is 30.3 Å². The molecule has 1 heterocycles. The topological polar surface area (TPSA) is 52.7 Å². The Morgan fingerprint density at radius 3 is 2.36 bits per heavy atom. The third-order valence-corrected chi connectivity index (χ3v) is 5.65. The van der Waals surface area contributed by atoms with Crippen LogP contribution in [0, 0.1) is 0 Å². The van der Waals surface area contributed by atoms with Crippen molar-refractivity contribution in [3.63, 3.8) is 0 Å². The van der Waals surface area contributed by atoms with E-state index in [2.05, 4.69) is 38.8 Å². The van der Waals surface area contributed by atoms with Crippen LogP contribution >= 0.6 is 0 Å². The number of sulfonamides is 1. The summed E-state index contributed by atoms with van der Waals surface area (Å²) in [7, 11) is -3.09. The van der Waals surface area contributed by atoms with Crippen LogP contribution in [0.2, 0.25) is 0 Å². The van der Waals surface area contributed by atoms with E-state index >= 15 is 0 Å². The van der Waals surface area contributed by atoms with Crippen LogP contribution in [0.4, 0.5) is 5.69 Å². The quantitative estimate of drug-likeness (QED) is 0.826. The van der Waals surface area contributed by atoms with Gasteiger partial charge in [0, 0.05) is 37.9 Å². The van der Waals surface area contributed by atoms with Crippen molar-refractivity contribution < 1.29 is 8.42 Å². The number of hydrogen-bond donors (Lipinski definition) is 1. The molecule has 1 unspecified atom stereocenters. The molecule has 1 aliphatic rings. The molecule has 1 aromatic rings. The molecule has 5 nitrogen and oxygen atoms in total. The standard InChI is InChI=1S/C16H27N3O2S/c1-3-22(20,21)17-15(2)9-10-18-11-13-19(14-12-18)16-7-5-4-6-8-16/h4-8,15,17H,3,9-14H2,1-2H3. The highest BCUT2D eigenvalue weighted by molar-refractivity contribution is 7.89. The Bertz CT molecular complexity index is 540. The van der Waals surface area contributed by atoms with Gasteiger partial charge < -0.3 is 4.90 Å². The summed E-state index contributed by atoms with van der Waals surface area (Å²) in [5.41, 5.74) is 1.28. The molecule has 1 saturated heterocycles. The van der Waals surface area contributed by atoms with Crippen molar-refractivity contribution in [2.45, 2.75) is 26.3 Å². The first-order valence-electron chi connectivity index (χ1n) is 8.02. The van der Waals surface area contributed by atoms with E-state index in [1.807, 2.05) is 13.0 Å². The van der Waals surface area contributed by atoms with Crippen LogP contribution in [0.1, 0.15) is 20.3 Å². The van der Waals surface area contributed by atoms with Crippen LogP contribution in [-0.2, 0) is 10.0 Å². The fourth-order valence-corrected chi connectivity index (χ4v) is 3.59. The van der Waals surface area contributed by atoms with E-state index in [9.17, 15) is 8.42 Å². The third-order valence-electron chi connectivity index (χ3n) is 4.13. The molecule has 0 aromatic heterocycles. The zero-order valence-corrected chi connectivity index (χ0v) is 14.3. The Morgan fingerprint density at radius 2 is 1.77 bits per heavy atom. The molecule has 1 fully saturated rings. The minimum Gasteiger partial charge on any atom is -0.369 e. The minimum atomic E-state index is -3.09. The first-order valence-corrected chi connectivity index (χ1v) is 9.68. The van der Waals surface area contributed by atoms with Gasteiger partial charge in [0.2, 0.25) is 10.0 Å². The van der Waals surface area contributed by atoms with Crippen LogP contribution in [0.15, 0.2) is 30.3 Å². The van der Waals surface area contributed by atoms with Crippen LogP contribution < -0.4 is 9.62 Å². The normalized spacial score (nSPS) is 18.4. The summed E-state index contributed by atoms with van der Waals surface area (Å²) < 4.78 is 25.8. The summed E-state index contributed by atoms with van der Waals surface area (Å²) in [5, 5.41) is 0. The molecular weight excluding hydrogens is 298 g/mol. The van der Waals surface area contributed by atoms with Gasteiger partial charge in [0.05, 0.1) is 5.75 Å². The Balaban J connectivity index is 1.72. The maximum absolute atomic E-state index is 11.5. The highest BCUT2D eigenvalue weighted by Gasteiger charge is 2.18. The average molecular weight is 325 g/mol. The Morgan fingerprint density at radius 1 is 1.14 bits per heavy atom. The SMILES string of the molecule is CCS(=O)(=O)NC(C)CCN1CCN(c2ccccc2)CC1. The second-order valence-electron chi connectivity index (χ2n) is 5.88. The number of benzene rings is 1. The molecule has 1 N–H and O–H groups in total. The maximum Gasteiger partial charge on any atom is 0.211 e. The zero-order chi connectivity index (χ0) is 16.0. The van der Waals surface area contributed by atoms with Gasteiger partial charge in [0.1, 0.15) is 0 Å². The predicted octanol–water partition coefficient (Wildman–Crippen LogP) is 1.53. The van der Waals surface area contributed by atoms with E-state index in [1.54, 1.807) is 6.92 Å². The highest BCUT2D eigenvalue weighted by Crippen LogP contribution is 2.15. The van der Waals surface area contributed by atoms with Crippen LogP contribution in [0.5, 0.6) is 0 Å². The lowest BCUT2D eigenvalue weighted by Gasteiger charge is -2.36. The predicted molar refractivity (Wildman–Crippen MR) is 91.8 cm³/mol. The largest absolute Gasteiger partial charge is 0.369 e. The van der Waals surface area contributed by atoms with Crippen molar-refractivity contribution in [1.29, 1.82) is 0 Å². The van der Waals surface area contributed by atoms with Crippen molar-refractivity contribution in [3.8, 4) is 0 Å². The summed E-state index contributed by atoms with van der Waals surface area (Å²) in [4.78, 5) is 4.82. The van der Waals surface area contributed by atoms with Gasteiger partial charge in [0.25, 0.3) is 0 Å². The van der Waals surface area contributed by atoms with Crippen LogP contribution in [0.25, 0.3) is 0 Å². The second-order valence-corrected chi connectivity index (χ2v) is 7.92. The van der Waals surface area contributed by atoms with Crippen molar-refractivity contribution in [1.82, 2.24) is 9.62 Å². The number of anilines is 1. The lowest BCUT2D eigenvalue weighted by atomic mass is 10.2. The van der Waals surface area contributed by atoms with Gasteiger partial charge >= 0.3 is 0 Å². The fourth-order valence-electron chi connectivity index (χ4n) is 2.69. The van der Waals surface area contributed by atoms with Gasteiger partial charge in [0.15, 0.2) is 0 Å². The lowest BCUT2D eigenvalue weighted by molar-refractivity contribution is 0.248. The van der Waals surface area contributed by atoms with Crippen LogP contribution in [0.3, 0.4) is 0 Å². The molecule has 1 atom stereocenters. The molecule has 0 radical (unpaired) electrons. The van der Waals surface area contributed by atoms with Gasteiger partial charge in [-0.2, -0.15) is 0 Å². The number of nitrogens with zero attached hydrogens (tertiary/aromatic N) is 2. The molecule has 1 aliphatic heterocycles. The van der Waals surface area contributed by atoms with Crippen molar-refractivity contribution in [2.75, 3.05) is 43.4 Å². The number of rotatable bonds is 7. The average Bonchev–Trinajstić information content (AvgIpc) is 2.54. The van der Waals surface area contributed by atoms with Crippen molar-refractivity contribution >= 4 is 15.7 Å². The molecule has 2 rings (SSSR count). The molecule has 0 amide bonds. The highest BCUT2D eigenvalue weighted by atomic mass is 32.2. The summed E-state index contributed by atoms with van der Waals surface area (Å²) in [6, 6.07) is 10.5. The number of nitrogens with one attached hydrogen (secondary N) is 1. The van der Waals surface area contributed by atoms with Crippen LogP contribution in [-0.4, -0.2) is 57.8 Å². The summed E-state index contributed by atoms with van der Waals surface area (Å²) in [6.07, 6.45) is 0.852. The minimum absolute atomic E-state index is 0.00268. The Kier molecular flexibility index (Phi) is 6.23. The first kappa shape index (κ1) is 17.2. The van der Waals surface area contributed by atoms with E-state index in [0.717, 1.165) is 39.1 Å². The van der Waals surface area contributed by atoms with E-state index in [1.165, 1.54) is 5.69 Å². The van der Waals surface area contributed by atoms with Gasteiger partial charge in [-0.1, -0.05) is 18.2 Å². The Hall–Kier alpha value is -1.11. The van der Waals surface area contributed by atoms with E-state index < -0.39 is 10.0 Å². The van der Waals surface area contributed by atoms with Gasteiger partial charge in [-0.15, -0.1) is 0 Å². The monoisotopic (exact) mass is 325 g/mol. The molecule has 0 saturated carbocycles. The molecule has 1 aromatic carbocycles. The molecule has 0 aliphatic carbocycles. The van der Waals surface area contributed by atoms with E-state index in [-0.39, 0.29) is 11.8 Å². The first-order chi connectivity index (χ1) is 10.5. The summed E-state index contributed by atoms with van der Waals surface area (Å²) >= 11 is 0. The van der Waals surface area contributed by atoms with E-state index in [4.69, 9.17) is 0 Å². The smallest absolute Gasteiger partial charge is 0.211 e. The molecule has 22 heavy (non-hydrogen) atoms. The third kappa shape index (κ3) is 5.26. The number of hydrogen-bond acceptors (Lipinski definition) is 4. The maximum atomic E-state index is 11.5. The molecule has 6 heteroatoms. The lowest BCUT2D eigenvalue weighted by Crippen LogP contribution is -2.47. The second kappa shape index (κ2) is 7.94. The van der Waals surface area contributed by atoms with Gasteiger partial charge in [-0.3, -0.25) is 4.90 Å².